The van der Waals surface area contributed by atoms with Gasteiger partial charge in [0.2, 0.25) is 0 Å². The molecule has 0 aromatic rings. The van der Waals surface area contributed by atoms with Gasteiger partial charge in [-0.15, -0.1) is 0 Å². The summed E-state index contributed by atoms with van der Waals surface area (Å²) in [5.41, 5.74) is -0.664. The summed E-state index contributed by atoms with van der Waals surface area (Å²) in [7, 11) is 0. The Bertz CT molecular complexity index is 267. The third-order valence-electron chi connectivity index (χ3n) is 2.68. The zero-order valence-electron chi connectivity index (χ0n) is 7.66. The van der Waals surface area contributed by atoms with E-state index in [9.17, 15) is 9.90 Å². The lowest BCUT2D eigenvalue weighted by molar-refractivity contribution is -0.145. The first-order valence-corrected chi connectivity index (χ1v) is 4.33. The summed E-state index contributed by atoms with van der Waals surface area (Å²) in [6.45, 7) is 5.44. The minimum absolute atomic E-state index is 0.394. The Balaban J connectivity index is 3.11. The zero-order valence-corrected chi connectivity index (χ0v) is 7.66. The van der Waals surface area contributed by atoms with Gasteiger partial charge in [-0.1, -0.05) is 25.7 Å². The van der Waals surface area contributed by atoms with Crippen molar-refractivity contribution in [3.63, 3.8) is 0 Å². The van der Waals surface area contributed by atoms with E-state index in [4.69, 9.17) is 5.11 Å². The lowest BCUT2D eigenvalue weighted by Gasteiger charge is -2.33. The topological polar surface area (TPSA) is 57.5 Å². The van der Waals surface area contributed by atoms with Crippen LogP contribution in [-0.4, -0.2) is 22.3 Å². The van der Waals surface area contributed by atoms with Crippen LogP contribution in [0.2, 0.25) is 0 Å². The summed E-state index contributed by atoms with van der Waals surface area (Å²) in [5, 5.41) is 18.5. The standard InChI is InChI=1S/C10H14O3/c1-3-10(9(12)13)6-4-5-8(11)7(10)2/h4,6,8,11H,2-3,5H2,1H3,(H,12,13)/t8-,10-/m0/s1. The van der Waals surface area contributed by atoms with E-state index in [1.54, 1.807) is 19.1 Å². The van der Waals surface area contributed by atoms with Gasteiger partial charge in [0.15, 0.2) is 0 Å². The van der Waals surface area contributed by atoms with Crippen molar-refractivity contribution in [2.24, 2.45) is 5.41 Å². The third-order valence-corrected chi connectivity index (χ3v) is 2.68. The van der Waals surface area contributed by atoms with Crippen LogP contribution in [0.5, 0.6) is 0 Å². The van der Waals surface area contributed by atoms with Crippen LogP contribution in [0.15, 0.2) is 24.3 Å². The Labute approximate surface area is 77.4 Å². The van der Waals surface area contributed by atoms with Crippen molar-refractivity contribution in [1.29, 1.82) is 0 Å². The molecule has 0 unspecified atom stereocenters. The van der Waals surface area contributed by atoms with Crippen molar-refractivity contribution in [2.75, 3.05) is 0 Å². The molecule has 1 rings (SSSR count). The molecule has 13 heavy (non-hydrogen) atoms. The summed E-state index contributed by atoms with van der Waals surface area (Å²) >= 11 is 0. The lowest BCUT2D eigenvalue weighted by atomic mass is 9.72. The second-order valence-corrected chi connectivity index (χ2v) is 3.31. The van der Waals surface area contributed by atoms with Gasteiger partial charge in [0.25, 0.3) is 0 Å². The van der Waals surface area contributed by atoms with Gasteiger partial charge >= 0.3 is 5.97 Å². The molecule has 0 saturated heterocycles. The molecule has 3 heteroatoms. The van der Waals surface area contributed by atoms with E-state index in [-0.39, 0.29) is 0 Å². The van der Waals surface area contributed by atoms with E-state index in [1.165, 1.54) is 0 Å². The first-order chi connectivity index (χ1) is 6.04. The number of carboxylic acid groups (broad SMARTS) is 1. The fourth-order valence-corrected chi connectivity index (χ4v) is 1.65. The third kappa shape index (κ3) is 1.40. The van der Waals surface area contributed by atoms with Crippen molar-refractivity contribution in [1.82, 2.24) is 0 Å². The van der Waals surface area contributed by atoms with Gasteiger partial charge in [0.1, 0.15) is 5.41 Å². The summed E-state index contributed by atoms with van der Waals surface area (Å²) in [4.78, 5) is 11.0. The van der Waals surface area contributed by atoms with Crippen LogP contribution in [0.25, 0.3) is 0 Å². The van der Waals surface area contributed by atoms with E-state index in [1.807, 2.05) is 0 Å². The predicted molar refractivity (Wildman–Crippen MR) is 49.3 cm³/mol. The number of aliphatic hydroxyl groups is 1. The molecule has 0 fully saturated rings. The molecule has 3 nitrogen and oxygen atoms in total. The molecule has 1 aliphatic carbocycles. The van der Waals surface area contributed by atoms with E-state index in [2.05, 4.69) is 6.58 Å². The monoisotopic (exact) mass is 182 g/mol. The Hall–Kier alpha value is -1.09. The highest BCUT2D eigenvalue weighted by molar-refractivity contribution is 5.81. The minimum atomic E-state index is -1.06. The number of hydrogen-bond donors (Lipinski definition) is 2. The summed E-state index contributed by atoms with van der Waals surface area (Å²) < 4.78 is 0. The number of aliphatic hydroxyl groups excluding tert-OH is 1. The average Bonchev–Trinajstić information content (AvgIpc) is 2.09. The second-order valence-electron chi connectivity index (χ2n) is 3.31. The second kappa shape index (κ2) is 3.34. The Kier molecular flexibility index (Phi) is 2.57. The van der Waals surface area contributed by atoms with Crippen LogP contribution in [-0.2, 0) is 4.79 Å². The van der Waals surface area contributed by atoms with E-state index in [0.717, 1.165) is 0 Å². The summed E-state index contributed by atoms with van der Waals surface area (Å²) in [6.07, 6.45) is 3.50. The van der Waals surface area contributed by atoms with Crippen molar-refractivity contribution >= 4 is 5.97 Å². The van der Waals surface area contributed by atoms with Gasteiger partial charge in [0.05, 0.1) is 6.10 Å². The Morgan fingerprint density at radius 3 is 2.85 bits per heavy atom. The van der Waals surface area contributed by atoms with Crippen LogP contribution in [0.3, 0.4) is 0 Å². The normalized spacial score (nSPS) is 33.4. The molecule has 0 radical (unpaired) electrons. The summed E-state index contributed by atoms with van der Waals surface area (Å²) in [6, 6.07) is 0. The molecule has 0 bridgehead atoms. The van der Waals surface area contributed by atoms with Crippen molar-refractivity contribution in [2.45, 2.75) is 25.9 Å². The number of hydrogen-bond acceptors (Lipinski definition) is 2. The molecular weight excluding hydrogens is 168 g/mol. The highest BCUT2D eigenvalue weighted by Crippen LogP contribution is 2.38. The van der Waals surface area contributed by atoms with E-state index in [0.29, 0.717) is 18.4 Å². The quantitative estimate of drug-likeness (QED) is 0.634. The highest BCUT2D eigenvalue weighted by Gasteiger charge is 2.41. The maximum atomic E-state index is 11.0. The van der Waals surface area contributed by atoms with Crippen LogP contribution in [0.1, 0.15) is 19.8 Å². The van der Waals surface area contributed by atoms with Crippen molar-refractivity contribution in [3.05, 3.63) is 24.3 Å². The molecule has 0 spiro atoms. The molecule has 0 saturated carbocycles. The molecule has 0 aromatic carbocycles. The van der Waals surface area contributed by atoms with Gasteiger partial charge in [-0.3, -0.25) is 4.79 Å². The molecular formula is C10H14O3. The van der Waals surface area contributed by atoms with Crippen LogP contribution >= 0.6 is 0 Å². The van der Waals surface area contributed by atoms with Crippen LogP contribution < -0.4 is 0 Å². The van der Waals surface area contributed by atoms with E-state index < -0.39 is 17.5 Å². The highest BCUT2D eigenvalue weighted by atomic mass is 16.4. The number of aliphatic carboxylic acids is 1. The van der Waals surface area contributed by atoms with Crippen molar-refractivity contribution < 1.29 is 15.0 Å². The molecule has 72 valence electrons. The molecule has 2 N–H and O–H groups in total. The maximum absolute atomic E-state index is 11.0. The SMILES string of the molecule is C=C1[C@@H](O)CC=C[C@]1(CC)C(=O)O. The zero-order chi connectivity index (χ0) is 10.1. The maximum Gasteiger partial charge on any atom is 0.317 e. The van der Waals surface area contributed by atoms with Gasteiger partial charge in [-0.25, -0.2) is 0 Å². The van der Waals surface area contributed by atoms with Gasteiger partial charge < -0.3 is 10.2 Å². The molecule has 0 aliphatic heterocycles. The van der Waals surface area contributed by atoms with Gasteiger partial charge in [-0.05, 0) is 18.4 Å². The fourth-order valence-electron chi connectivity index (χ4n) is 1.65. The van der Waals surface area contributed by atoms with Crippen molar-refractivity contribution in [3.8, 4) is 0 Å². The Morgan fingerprint density at radius 2 is 2.46 bits per heavy atom. The smallest absolute Gasteiger partial charge is 0.317 e. The molecule has 2 atom stereocenters. The molecule has 0 amide bonds. The molecule has 0 heterocycles. The van der Waals surface area contributed by atoms with E-state index >= 15 is 0 Å². The van der Waals surface area contributed by atoms with Crippen LogP contribution in [0, 0.1) is 5.41 Å². The molecule has 0 aromatic heterocycles. The predicted octanol–water partition coefficient (Wildman–Crippen LogP) is 1.34. The first kappa shape index (κ1) is 9.99. The fraction of sp³-hybridized carbons (Fsp3) is 0.500. The van der Waals surface area contributed by atoms with Gasteiger partial charge in [0, 0.05) is 0 Å². The Morgan fingerprint density at radius 1 is 1.85 bits per heavy atom. The average molecular weight is 182 g/mol. The first-order valence-electron chi connectivity index (χ1n) is 4.33. The minimum Gasteiger partial charge on any atom is -0.480 e. The molecule has 1 aliphatic rings. The summed E-state index contributed by atoms with van der Waals surface area (Å²) in [5.74, 6) is -0.935. The number of carbonyl (C=O) groups is 1. The largest absolute Gasteiger partial charge is 0.480 e. The van der Waals surface area contributed by atoms with Gasteiger partial charge in [-0.2, -0.15) is 0 Å². The lowest BCUT2D eigenvalue weighted by Crippen LogP contribution is -2.37. The number of carboxylic acids is 1. The van der Waals surface area contributed by atoms with Crippen LogP contribution in [0.4, 0.5) is 0 Å². The number of rotatable bonds is 2.